The third-order valence-corrected chi connectivity index (χ3v) is 3.99. The molecular formula is C17H26N2O. The van der Waals surface area contributed by atoms with Crippen LogP contribution >= 0.6 is 0 Å². The number of hydrogen-bond acceptors (Lipinski definition) is 2. The molecule has 1 fully saturated rings. The highest BCUT2D eigenvalue weighted by atomic mass is 16.2. The van der Waals surface area contributed by atoms with Gasteiger partial charge in [-0.15, -0.1) is 0 Å². The molecule has 1 aliphatic heterocycles. The van der Waals surface area contributed by atoms with Crippen molar-refractivity contribution in [2.75, 3.05) is 13.6 Å². The molecule has 2 atom stereocenters. The Morgan fingerprint density at radius 2 is 1.95 bits per heavy atom. The van der Waals surface area contributed by atoms with Crippen molar-refractivity contribution in [1.82, 2.24) is 10.2 Å². The van der Waals surface area contributed by atoms with E-state index in [1.165, 1.54) is 11.1 Å². The van der Waals surface area contributed by atoms with Gasteiger partial charge in [-0.05, 0) is 38.3 Å². The van der Waals surface area contributed by atoms with E-state index in [1.807, 2.05) is 0 Å². The highest BCUT2D eigenvalue weighted by Gasteiger charge is 2.32. The van der Waals surface area contributed by atoms with Crippen LogP contribution in [0.15, 0.2) is 24.3 Å². The minimum absolute atomic E-state index is 0.0317. The predicted octanol–water partition coefficient (Wildman–Crippen LogP) is 2.38. The zero-order valence-corrected chi connectivity index (χ0v) is 13.0. The maximum absolute atomic E-state index is 12.2. The maximum Gasteiger partial charge on any atom is 0.237 e. The zero-order chi connectivity index (χ0) is 14.7. The van der Waals surface area contributed by atoms with Gasteiger partial charge in [-0.2, -0.15) is 0 Å². The molecule has 1 N–H and O–H groups in total. The first-order valence-electron chi connectivity index (χ1n) is 7.52. The number of nitrogens with one attached hydrogen (secondary N) is 1. The molecule has 0 spiro atoms. The van der Waals surface area contributed by atoms with Gasteiger partial charge >= 0.3 is 0 Å². The van der Waals surface area contributed by atoms with Crippen LogP contribution in [-0.4, -0.2) is 36.5 Å². The van der Waals surface area contributed by atoms with Gasteiger partial charge in [0.1, 0.15) is 0 Å². The second-order valence-corrected chi connectivity index (χ2v) is 6.48. The Bertz CT molecular complexity index is 453. The van der Waals surface area contributed by atoms with Crippen LogP contribution < -0.4 is 5.32 Å². The number of likely N-dealkylation sites (N-methyl/N-ethyl adjacent to an activating group) is 1. The van der Waals surface area contributed by atoms with Gasteiger partial charge in [0.25, 0.3) is 0 Å². The van der Waals surface area contributed by atoms with Gasteiger partial charge in [0.05, 0.1) is 6.04 Å². The summed E-state index contributed by atoms with van der Waals surface area (Å²) in [6.45, 7) is 7.35. The van der Waals surface area contributed by atoms with Crippen molar-refractivity contribution in [3.05, 3.63) is 35.4 Å². The summed E-state index contributed by atoms with van der Waals surface area (Å²) in [5.41, 5.74) is 2.56. The third-order valence-electron chi connectivity index (χ3n) is 3.99. The Morgan fingerprint density at radius 1 is 1.30 bits per heavy atom. The average molecular weight is 274 g/mol. The number of rotatable bonds is 4. The summed E-state index contributed by atoms with van der Waals surface area (Å²) in [6, 6.07) is 8.82. The third kappa shape index (κ3) is 3.83. The summed E-state index contributed by atoms with van der Waals surface area (Å²) >= 11 is 0. The van der Waals surface area contributed by atoms with Crippen LogP contribution in [-0.2, 0) is 11.2 Å². The molecule has 3 heteroatoms. The van der Waals surface area contributed by atoms with Gasteiger partial charge < -0.3 is 5.32 Å². The number of piperazine rings is 1. The molecule has 3 nitrogen and oxygen atoms in total. The molecule has 0 radical (unpaired) electrons. The number of nitrogens with zero attached hydrogens (tertiary/aromatic N) is 1. The summed E-state index contributed by atoms with van der Waals surface area (Å²) in [6.07, 6.45) is 1.84. The van der Waals surface area contributed by atoms with E-state index < -0.39 is 0 Å². The smallest absolute Gasteiger partial charge is 0.237 e. The van der Waals surface area contributed by atoms with Crippen molar-refractivity contribution in [2.24, 2.45) is 5.92 Å². The van der Waals surface area contributed by atoms with Crippen LogP contribution in [0.3, 0.4) is 0 Å². The van der Waals surface area contributed by atoms with Gasteiger partial charge in [0.2, 0.25) is 5.91 Å². The Morgan fingerprint density at radius 3 is 2.50 bits per heavy atom. The summed E-state index contributed by atoms with van der Waals surface area (Å²) < 4.78 is 0. The van der Waals surface area contributed by atoms with E-state index in [2.05, 4.69) is 62.3 Å². The summed E-state index contributed by atoms with van der Waals surface area (Å²) in [4.78, 5) is 14.4. The zero-order valence-electron chi connectivity index (χ0n) is 13.0. The predicted molar refractivity (Wildman–Crippen MR) is 82.7 cm³/mol. The molecule has 0 aromatic heterocycles. The molecule has 1 aliphatic rings. The van der Waals surface area contributed by atoms with E-state index in [0.29, 0.717) is 5.92 Å². The van der Waals surface area contributed by atoms with Crippen molar-refractivity contribution < 1.29 is 4.79 Å². The van der Waals surface area contributed by atoms with E-state index in [9.17, 15) is 4.79 Å². The first kappa shape index (κ1) is 15.0. The van der Waals surface area contributed by atoms with Gasteiger partial charge in [-0.25, -0.2) is 0 Å². The lowest BCUT2D eigenvalue weighted by molar-refractivity contribution is -0.130. The maximum atomic E-state index is 12.2. The first-order chi connectivity index (χ1) is 9.45. The number of aryl methyl sites for hydroxylation is 1. The molecule has 110 valence electrons. The van der Waals surface area contributed by atoms with E-state index in [0.717, 1.165) is 19.4 Å². The Hall–Kier alpha value is -1.35. The number of carbonyl (C=O) groups excluding carboxylic acids is 1. The highest BCUT2D eigenvalue weighted by molar-refractivity contribution is 5.82. The fourth-order valence-corrected chi connectivity index (χ4v) is 2.88. The van der Waals surface area contributed by atoms with Crippen molar-refractivity contribution in [1.29, 1.82) is 0 Å². The molecular weight excluding hydrogens is 248 g/mol. The van der Waals surface area contributed by atoms with Crippen molar-refractivity contribution in [2.45, 2.75) is 45.7 Å². The van der Waals surface area contributed by atoms with Crippen LogP contribution in [0, 0.1) is 12.8 Å². The van der Waals surface area contributed by atoms with Gasteiger partial charge in [-0.1, -0.05) is 43.7 Å². The Kier molecular flexibility index (Phi) is 4.81. The summed E-state index contributed by atoms with van der Waals surface area (Å²) in [7, 11) is 2.06. The molecule has 0 saturated carbocycles. The van der Waals surface area contributed by atoms with Crippen molar-refractivity contribution in [3.63, 3.8) is 0 Å². The molecule has 20 heavy (non-hydrogen) atoms. The van der Waals surface area contributed by atoms with Gasteiger partial charge in [0, 0.05) is 12.6 Å². The molecule has 2 unspecified atom stereocenters. The Balaban J connectivity index is 1.96. The van der Waals surface area contributed by atoms with Crippen molar-refractivity contribution in [3.8, 4) is 0 Å². The molecule has 0 bridgehead atoms. The van der Waals surface area contributed by atoms with Crippen LogP contribution in [0.5, 0.6) is 0 Å². The van der Waals surface area contributed by atoms with Crippen molar-refractivity contribution >= 4 is 5.91 Å². The molecule has 2 rings (SSSR count). The summed E-state index contributed by atoms with van der Waals surface area (Å²) in [5, 5.41) is 3.18. The minimum atomic E-state index is 0.0317. The molecule has 1 heterocycles. The van der Waals surface area contributed by atoms with E-state index in [-0.39, 0.29) is 18.0 Å². The SMILES string of the molecule is Cc1ccc(CC2CN(C)C(CC(C)C)C(=O)N2)cc1. The lowest BCUT2D eigenvalue weighted by Crippen LogP contribution is -2.59. The number of carbonyl (C=O) groups is 1. The molecule has 1 amide bonds. The monoisotopic (exact) mass is 274 g/mol. The van der Waals surface area contributed by atoms with Gasteiger partial charge in [-0.3, -0.25) is 9.69 Å². The topological polar surface area (TPSA) is 32.3 Å². The largest absolute Gasteiger partial charge is 0.350 e. The van der Waals surface area contributed by atoms with E-state index in [1.54, 1.807) is 0 Å². The summed E-state index contributed by atoms with van der Waals surface area (Å²) in [5.74, 6) is 0.728. The van der Waals surface area contributed by atoms with Crippen LogP contribution in [0.25, 0.3) is 0 Å². The first-order valence-corrected chi connectivity index (χ1v) is 7.52. The number of hydrogen-bond donors (Lipinski definition) is 1. The highest BCUT2D eigenvalue weighted by Crippen LogP contribution is 2.16. The lowest BCUT2D eigenvalue weighted by Gasteiger charge is -2.38. The second-order valence-electron chi connectivity index (χ2n) is 6.48. The second kappa shape index (κ2) is 6.40. The van der Waals surface area contributed by atoms with Crippen LogP contribution in [0.2, 0.25) is 0 Å². The fourth-order valence-electron chi connectivity index (χ4n) is 2.88. The van der Waals surface area contributed by atoms with Gasteiger partial charge in [0.15, 0.2) is 0 Å². The standard InChI is InChI=1S/C17H26N2O/c1-12(2)9-16-17(20)18-15(11-19(16)4)10-14-7-5-13(3)6-8-14/h5-8,12,15-16H,9-11H2,1-4H3,(H,18,20). The van der Waals surface area contributed by atoms with E-state index >= 15 is 0 Å². The Labute approximate surface area is 122 Å². The molecule has 1 saturated heterocycles. The molecule has 0 aliphatic carbocycles. The van der Waals surface area contributed by atoms with E-state index in [4.69, 9.17) is 0 Å². The normalized spacial score (nSPS) is 23.9. The minimum Gasteiger partial charge on any atom is -0.350 e. The number of benzene rings is 1. The van der Waals surface area contributed by atoms with Crippen LogP contribution in [0.1, 0.15) is 31.4 Å². The lowest BCUT2D eigenvalue weighted by atomic mass is 9.96. The molecule has 1 aromatic carbocycles. The fraction of sp³-hybridized carbons (Fsp3) is 0.588. The average Bonchev–Trinajstić information content (AvgIpc) is 2.36. The quantitative estimate of drug-likeness (QED) is 0.914. The molecule has 1 aromatic rings. The van der Waals surface area contributed by atoms with Crippen LogP contribution in [0.4, 0.5) is 0 Å². The number of amides is 1.